The summed E-state index contributed by atoms with van der Waals surface area (Å²) < 4.78 is 0. The number of carbonyl (C=O) groups is 2. The molecule has 0 rings (SSSR count). The molecule has 0 bridgehead atoms. The Bertz CT molecular complexity index is 128. The maximum atomic E-state index is 9.11. The monoisotopic (exact) mass is 560 g/mol. The van der Waals surface area contributed by atoms with Crippen LogP contribution in [0.15, 0.2) is 0 Å². The van der Waals surface area contributed by atoms with E-state index in [2.05, 4.69) is 0 Å². The van der Waals surface area contributed by atoms with Crippen LogP contribution in [0.3, 0.4) is 0 Å². The van der Waals surface area contributed by atoms with Crippen molar-refractivity contribution >= 4 is 30.4 Å². The zero-order chi connectivity index (χ0) is 15.3. The molecule has 0 saturated heterocycles. The van der Waals surface area contributed by atoms with Crippen LogP contribution in [-0.2, 0) is 135 Å². The molecule has 2 amide bonds. The van der Waals surface area contributed by atoms with Crippen LogP contribution >= 0.6 is 18.6 Å². The summed E-state index contributed by atoms with van der Waals surface area (Å²) in [5, 5.41) is 0. The van der Waals surface area contributed by atoms with E-state index in [0.717, 1.165) is 0 Å². The second-order valence-corrected chi connectivity index (χ2v) is 4.92. The Labute approximate surface area is 227 Å². The van der Waals surface area contributed by atoms with E-state index in [1.54, 1.807) is 0 Å². The van der Waals surface area contributed by atoms with Crippen molar-refractivity contribution in [2.75, 3.05) is 0 Å². The van der Waals surface area contributed by atoms with Gasteiger partial charge < -0.3 is 33.9 Å². The molecule has 0 fully saturated rings. The molecule has 0 aromatic heterocycles. The van der Waals surface area contributed by atoms with Crippen molar-refractivity contribution in [3.63, 3.8) is 0 Å². The van der Waals surface area contributed by atoms with E-state index in [1.165, 1.54) is 13.8 Å². The molecule has 0 atom stereocenters. The molecular formula is C10H22Cl2N2O2Ti6-2. The van der Waals surface area contributed by atoms with Crippen molar-refractivity contribution < 1.29 is 135 Å². The van der Waals surface area contributed by atoms with Gasteiger partial charge in [-0.15, -0.1) is 0 Å². The quantitative estimate of drug-likeness (QED) is 0.309. The molecule has 22 heavy (non-hydrogen) atoms. The molecule has 0 aliphatic heterocycles. The Morgan fingerprint density at radius 1 is 0.773 bits per heavy atom. The summed E-state index contributed by atoms with van der Waals surface area (Å²) in [4.78, 5) is 18.2. The molecular weight excluding hydrogens is 538 g/mol. The Hall–Kier alpha value is 3.81. The van der Waals surface area contributed by atoms with Gasteiger partial charge in [0.05, 0.1) is 0 Å². The van der Waals surface area contributed by atoms with Crippen LogP contribution in [0.4, 0.5) is 0 Å². The van der Waals surface area contributed by atoms with E-state index >= 15 is 0 Å². The van der Waals surface area contributed by atoms with Gasteiger partial charge in [0.1, 0.15) is 0 Å². The van der Waals surface area contributed by atoms with Gasteiger partial charge in [0, 0.05) is 98.7 Å². The van der Waals surface area contributed by atoms with E-state index in [0.29, 0.717) is 0 Å². The predicted molar refractivity (Wildman–Crippen MR) is 73.0 cm³/mol. The number of halogens is 2. The topological polar surface area (TPSA) is 81.7 Å². The van der Waals surface area contributed by atoms with Gasteiger partial charge in [-0.05, 0) is 13.8 Å². The second-order valence-electron chi connectivity index (χ2n) is 2.34. The maximum Gasteiger partial charge on any atom is 2.00 e. The summed E-state index contributed by atoms with van der Waals surface area (Å²) in [5.74, 6) is -1.17. The second kappa shape index (κ2) is 85.7. The summed E-state index contributed by atoms with van der Waals surface area (Å²) in [6, 6.07) is 0. The predicted octanol–water partition coefficient (Wildman–Crippen LogP) is 5.00. The van der Waals surface area contributed by atoms with Crippen molar-refractivity contribution in [1.29, 1.82) is 0 Å². The number of hydrogen-bond acceptors (Lipinski definition) is 2. The van der Waals surface area contributed by atoms with E-state index in [1.807, 2.05) is 40.5 Å². The van der Waals surface area contributed by atoms with Crippen molar-refractivity contribution in [1.82, 2.24) is 0 Å². The van der Waals surface area contributed by atoms with Crippen LogP contribution < -0.4 is 0 Å². The van der Waals surface area contributed by atoms with Crippen LogP contribution in [0.25, 0.3) is 11.5 Å². The summed E-state index contributed by atoms with van der Waals surface area (Å²) in [6.45, 7) is 10.4. The van der Waals surface area contributed by atoms with Gasteiger partial charge >= 0.3 is 57.4 Å². The minimum Gasteiger partial charge on any atom is 0 e. The number of nitrogens with one attached hydrogen (secondary N) is 2. The Balaban J connectivity index is -0.00000000974. The van der Waals surface area contributed by atoms with Gasteiger partial charge in [-0.25, -0.2) is 0 Å². The molecule has 0 saturated carbocycles. The van der Waals surface area contributed by atoms with E-state index in [9.17, 15) is 0 Å². The zero-order valence-electron chi connectivity index (χ0n) is 13.7. The molecule has 0 spiro atoms. The molecule has 124 valence electrons. The minimum atomic E-state index is -0.583. The maximum absolute atomic E-state index is 9.11. The SMILES string of the molecule is CC([NH-])=O.CC([NH-])=O.C[CH-]C.C[CH-]C.[Cl][Ti][Cl].[Ti+2].[Ti].[Ti].[Ti].[Ti]. The fourth-order valence-corrected chi connectivity index (χ4v) is 0. The van der Waals surface area contributed by atoms with Crippen LogP contribution in [0.1, 0.15) is 41.5 Å². The first-order valence-corrected chi connectivity index (χ1v) is 8.89. The standard InChI is InChI=1S/2C3H7.2C2H5NO.2ClH.6Ti/c2*1-3-2;2*1-2(3)4;;;;;;;;/h2*3H,1-2H3;2*1H3,(H2,3,4);2*1H;;;;;;/q2*-1;;;;;;;;;2*+2/p-4. The number of hydrogen-bond donors (Lipinski definition) is 0. The van der Waals surface area contributed by atoms with E-state index < -0.39 is 28.8 Å². The molecule has 0 aromatic carbocycles. The van der Waals surface area contributed by atoms with Crippen molar-refractivity contribution in [2.45, 2.75) is 41.5 Å². The average Bonchev–Trinajstić information content (AvgIpc) is 2.03. The van der Waals surface area contributed by atoms with Gasteiger partial charge in [0.25, 0.3) is 0 Å². The molecule has 2 N–H and O–H groups in total. The molecule has 0 aromatic rings. The largest absolute Gasteiger partial charge is 2.00 e. The van der Waals surface area contributed by atoms with Crippen LogP contribution in [0.5, 0.6) is 0 Å². The summed E-state index contributed by atoms with van der Waals surface area (Å²) >= 11 is -0.556. The zero-order valence-corrected chi connectivity index (χ0v) is 24.6. The third-order valence-corrected chi connectivity index (χ3v) is 0. The van der Waals surface area contributed by atoms with Crippen molar-refractivity contribution in [3.8, 4) is 0 Å². The molecule has 4 nitrogen and oxygen atoms in total. The first-order valence-electron chi connectivity index (χ1n) is 4.60. The molecule has 0 unspecified atom stereocenters. The van der Waals surface area contributed by atoms with Gasteiger partial charge in [-0.2, -0.15) is 27.7 Å². The minimum absolute atomic E-state index is 0. The fraction of sp³-hybridized carbons (Fsp3) is 0.600. The molecule has 0 aliphatic rings. The van der Waals surface area contributed by atoms with Gasteiger partial charge in [0.2, 0.25) is 0 Å². The van der Waals surface area contributed by atoms with Crippen molar-refractivity contribution in [2.24, 2.45) is 0 Å². The van der Waals surface area contributed by atoms with E-state index in [4.69, 9.17) is 39.7 Å². The van der Waals surface area contributed by atoms with Crippen LogP contribution in [0.2, 0.25) is 0 Å². The smallest absolute Gasteiger partial charge is 0 e. The van der Waals surface area contributed by atoms with Crippen LogP contribution in [0, 0.1) is 12.8 Å². The van der Waals surface area contributed by atoms with Gasteiger partial charge in [-0.1, -0.05) is 0 Å². The first-order chi connectivity index (χ1) is 7.71. The van der Waals surface area contributed by atoms with Gasteiger partial charge in [-0.3, -0.25) is 0 Å². The van der Waals surface area contributed by atoms with E-state index in [-0.39, 0.29) is 109 Å². The normalized spacial score (nSPS) is 4.55. The van der Waals surface area contributed by atoms with Gasteiger partial charge in [0.15, 0.2) is 0 Å². The Kier molecular flexibility index (Phi) is 248. The van der Waals surface area contributed by atoms with Crippen molar-refractivity contribution in [3.05, 3.63) is 24.3 Å². The third kappa shape index (κ3) is 855. The number of amides is 2. The summed E-state index contributed by atoms with van der Waals surface area (Å²) in [7, 11) is 9.78. The molecule has 0 aliphatic carbocycles. The summed E-state index contributed by atoms with van der Waals surface area (Å²) in [6.07, 6.45) is 4.00. The average molecular weight is 560 g/mol. The first kappa shape index (κ1) is 63.6. The Morgan fingerprint density at radius 2 is 0.773 bits per heavy atom. The molecule has 12 heteroatoms. The Morgan fingerprint density at radius 3 is 0.773 bits per heavy atom. The summed E-state index contributed by atoms with van der Waals surface area (Å²) in [5.41, 5.74) is 11.9. The number of carbonyl (C=O) groups excluding carboxylic acids is 2. The molecule has 0 heterocycles. The number of rotatable bonds is 0. The fourth-order valence-electron chi connectivity index (χ4n) is 0. The molecule has 0 radical (unpaired) electrons. The van der Waals surface area contributed by atoms with Crippen LogP contribution in [-0.4, -0.2) is 11.8 Å². The third-order valence-electron chi connectivity index (χ3n) is 0.